The molecule has 0 N–H and O–H groups in total. The van der Waals surface area contributed by atoms with E-state index in [2.05, 4.69) is 34.0 Å². The molecule has 19 heavy (non-hydrogen) atoms. The molecule has 5 heteroatoms. The zero-order valence-corrected chi connectivity index (χ0v) is 11.6. The number of benzene rings is 1. The van der Waals surface area contributed by atoms with E-state index in [9.17, 15) is 0 Å². The number of halogens is 1. The Morgan fingerprint density at radius 2 is 2.00 bits per heavy atom. The summed E-state index contributed by atoms with van der Waals surface area (Å²) < 4.78 is 5.02. The molecule has 1 heterocycles. The number of methoxy groups -OCH3 is 1. The third kappa shape index (κ3) is 2.40. The minimum absolute atomic E-state index is 0.143. The molecule has 1 aliphatic rings. The highest BCUT2D eigenvalue weighted by Crippen LogP contribution is 2.48. The van der Waals surface area contributed by atoms with Crippen molar-refractivity contribution >= 4 is 11.6 Å². The van der Waals surface area contributed by atoms with Gasteiger partial charge in [0.2, 0.25) is 5.28 Å². The molecule has 0 unspecified atom stereocenters. The number of rotatable bonds is 3. The van der Waals surface area contributed by atoms with E-state index in [4.69, 9.17) is 16.3 Å². The normalized spacial score (nSPS) is 16.2. The summed E-state index contributed by atoms with van der Waals surface area (Å²) in [6, 6.07) is 8.51. The van der Waals surface area contributed by atoms with Crippen molar-refractivity contribution in [3.8, 4) is 17.4 Å². The Labute approximate surface area is 116 Å². The molecule has 3 rings (SSSR count). The van der Waals surface area contributed by atoms with Crippen LogP contribution in [0.2, 0.25) is 5.28 Å². The number of aromatic nitrogens is 3. The van der Waals surface area contributed by atoms with Gasteiger partial charge in [-0.25, -0.2) is 0 Å². The van der Waals surface area contributed by atoms with Gasteiger partial charge in [0.15, 0.2) is 5.82 Å². The van der Waals surface area contributed by atoms with Crippen LogP contribution in [0, 0.1) is 0 Å². The largest absolute Gasteiger partial charge is 0.467 e. The predicted molar refractivity (Wildman–Crippen MR) is 73.4 cm³/mol. The van der Waals surface area contributed by atoms with Crippen LogP contribution in [0.5, 0.6) is 6.01 Å². The van der Waals surface area contributed by atoms with E-state index < -0.39 is 0 Å². The van der Waals surface area contributed by atoms with E-state index >= 15 is 0 Å². The lowest BCUT2D eigenvalue weighted by Gasteiger charge is -2.10. The van der Waals surface area contributed by atoms with E-state index in [1.165, 1.54) is 25.5 Å². The molecule has 4 nitrogen and oxygen atoms in total. The molecule has 0 bridgehead atoms. The molecule has 0 spiro atoms. The van der Waals surface area contributed by atoms with Crippen LogP contribution in [0.4, 0.5) is 0 Å². The van der Waals surface area contributed by atoms with Gasteiger partial charge in [-0.15, -0.1) is 0 Å². The number of nitrogens with zero attached hydrogens (tertiary/aromatic N) is 3. The first kappa shape index (κ1) is 12.4. The van der Waals surface area contributed by atoms with Crippen molar-refractivity contribution in [3.05, 3.63) is 35.1 Å². The first-order chi connectivity index (χ1) is 9.10. The van der Waals surface area contributed by atoms with Crippen molar-refractivity contribution in [2.45, 2.75) is 25.2 Å². The smallest absolute Gasteiger partial charge is 0.321 e. The zero-order chi connectivity index (χ0) is 13.5. The molecule has 1 fully saturated rings. The lowest BCUT2D eigenvalue weighted by Crippen LogP contribution is -2.01. The topological polar surface area (TPSA) is 47.9 Å². The van der Waals surface area contributed by atoms with Gasteiger partial charge in [0.05, 0.1) is 7.11 Å². The maximum Gasteiger partial charge on any atom is 0.321 e. The molecule has 1 aromatic heterocycles. The predicted octanol–water partition coefficient (Wildman–Crippen LogP) is 3.25. The summed E-state index contributed by atoms with van der Waals surface area (Å²) in [4.78, 5) is 12.3. The van der Waals surface area contributed by atoms with Crippen molar-refractivity contribution in [1.82, 2.24) is 15.0 Å². The molecule has 1 aromatic carbocycles. The molecule has 1 saturated carbocycles. The SMILES string of the molecule is COc1nc(Cl)nc(-c2cccc(C3(C)CC3)c2)n1. The quantitative estimate of drug-likeness (QED) is 0.863. The second kappa shape index (κ2) is 4.46. The average molecular weight is 276 g/mol. The maximum absolute atomic E-state index is 5.88. The molecule has 98 valence electrons. The van der Waals surface area contributed by atoms with Crippen LogP contribution in [0.25, 0.3) is 11.4 Å². The van der Waals surface area contributed by atoms with Crippen LogP contribution in [-0.4, -0.2) is 22.1 Å². The summed E-state index contributed by atoms with van der Waals surface area (Å²) in [5.41, 5.74) is 2.57. The van der Waals surface area contributed by atoms with Gasteiger partial charge >= 0.3 is 6.01 Å². The van der Waals surface area contributed by atoms with Crippen molar-refractivity contribution in [3.63, 3.8) is 0 Å². The Morgan fingerprint density at radius 3 is 2.68 bits per heavy atom. The molecular formula is C14H14ClN3O. The highest BCUT2D eigenvalue weighted by molar-refractivity contribution is 6.28. The Morgan fingerprint density at radius 1 is 1.21 bits per heavy atom. The minimum atomic E-state index is 0.143. The van der Waals surface area contributed by atoms with Gasteiger partial charge in [-0.3, -0.25) is 0 Å². The van der Waals surface area contributed by atoms with Crippen LogP contribution in [0.3, 0.4) is 0 Å². The van der Waals surface area contributed by atoms with E-state index in [0.29, 0.717) is 11.2 Å². The number of hydrogen-bond donors (Lipinski definition) is 0. The van der Waals surface area contributed by atoms with Gasteiger partial charge < -0.3 is 4.74 Å². The fraction of sp³-hybridized carbons (Fsp3) is 0.357. The van der Waals surface area contributed by atoms with Crippen LogP contribution in [-0.2, 0) is 5.41 Å². The van der Waals surface area contributed by atoms with Gasteiger partial charge in [0.25, 0.3) is 0 Å². The summed E-state index contributed by atoms with van der Waals surface area (Å²) in [5.74, 6) is 0.544. The van der Waals surface area contributed by atoms with Gasteiger partial charge in [0.1, 0.15) is 0 Å². The van der Waals surface area contributed by atoms with Crippen molar-refractivity contribution < 1.29 is 4.74 Å². The summed E-state index contributed by atoms with van der Waals surface area (Å²) in [5, 5.41) is 0.143. The second-order valence-electron chi connectivity index (χ2n) is 5.06. The van der Waals surface area contributed by atoms with Gasteiger partial charge in [-0.05, 0) is 41.5 Å². The average Bonchev–Trinajstić information content (AvgIpc) is 3.17. The lowest BCUT2D eigenvalue weighted by atomic mass is 9.96. The standard InChI is InChI=1S/C14H14ClN3O/c1-14(6-7-14)10-5-3-4-9(8-10)11-16-12(15)18-13(17-11)19-2/h3-5,8H,6-7H2,1-2H3. The maximum atomic E-state index is 5.88. The minimum Gasteiger partial charge on any atom is -0.467 e. The third-order valence-corrected chi connectivity index (χ3v) is 3.76. The Bertz CT molecular complexity index is 626. The van der Waals surface area contributed by atoms with E-state index in [0.717, 1.165) is 5.56 Å². The van der Waals surface area contributed by atoms with E-state index in [1.54, 1.807) is 0 Å². The van der Waals surface area contributed by atoms with Crippen molar-refractivity contribution in [2.24, 2.45) is 0 Å². The third-order valence-electron chi connectivity index (χ3n) is 3.59. The highest BCUT2D eigenvalue weighted by atomic mass is 35.5. The van der Waals surface area contributed by atoms with Crippen molar-refractivity contribution in [2.75, 3.05) is 7.11 Å². The first-order valence-electron chi connectivity index (χ1n) is 6.17. The zero-order valence-electron chi connectivity index (χ0n) is 10.9. The molecule has 2 aromatic rings. The molecular weight excluding hydrogens is 262 g/mol. The molecule has 0 amide bonds. The fourth-order valence-electron chi connectivity index (χ4n) is 2.06. The lowest BCUT2D eigenvalue weighted by molar-refractivity contribution is 0.379. The Balaban J connectivity index is 2.04. The van der Waals surface area contributed by atoms with Crippen LogP contribution in [0.15, 0.2) is 24.3 Å². The summed E-state index contributed by atoms with van der Waals surface area (Å²) in [6.07, 6.45) is 2.47. The van der Waals surface area contributed by atoms with Crippen molar-refractivity contribution in [1.29, 1.82) is 0 Å². The first-order valence-corrected chi connectivity index (χ1v) is 6.55. The molecule has 0 saturated heterocycles. The van der Waals surface area contributed by atoms with Gasteiger partial charge in [-0.2, -0.15) is 15.0 Å². The second-order valence-corrected chi connectivity index (χ2v) is 5.39. The number of hydrogen-bond acceptors (Lipinski definition) is 4. The van der Waals surface area contributed by atoms with E-state index in [1.807, 2.05) is 12.1 Å². The summed E-state index contributed by atoms with van der Waals surface area (Å²) >= 11 is 5.88. The van der Waals surface area contributed by atoms with Crippen LogP contribution in [0.1, 0.15) is 25.3 Å². The summed E-state index contributed by atoms with van der Waals surface area (Å²) in [7, 11) is 1.51. The van der Waals surface area contributed by atoms with Gasteiger partial charge in [0, 0.05) is 5.56 Å². The number of ether oxygens (including phenoxy) is 1. The van der Waals surface area contributed by atoms with Crippen LogP contribution < -0.4 is 4.74 Å². The molecule has 1 aliphatic carbocycles. The molecule has 0 radical (unpaired) electrons. The monoisotopic (exact) mass is 275 g/mol. The Kier molecular flexibility index (Phi) is 2.90. The highest BCUT2D eigenvalue weighted by Gasteiger charge is 2.38. The Hall–Kier alpha value is -1.68. The van der Waals surface area contributed by atoms with E-state index in [-0.39, 0.29) is 11.3 Å². The van der Waals surface area contributed by atoms with Gasteiger partial charge in [-0.1, -0.05) is 25.1 Å². The van der Waals surface area contributed by atoms with Crippen LogP contribution >= 0.6 is 11.6 Å². The molecule has 0 aliphatic heterocycles. The fourth-order valence-corrected chi connectivity index (χ4v) is 2.21. The summed E-state index contributed by atoms with van der Waals surface area (Å²) in [6.45, 7) is 2.27. The molecule has 0 atom stereocenters.